The minimum atomic E-state index is -1.11. The average molecular weight is 271 g/mol. The van der Waals surface area contributed by atoms with Crippen molar-refractivity contribution in [1.29, 1.82) is 0 Å². The van der Waals surface area contributed by atoms with Crippen molar-refractivity contribution in [2.45, 2.75) is 44.7 Å². The number of carbonyl (C=O) groups is 4. The van der Waals surface area contributed by atoms with Crippen LogP contribution in [0.4, 0.5) is 4.79 Å². The van der Waals surface area contributed by atoms with Crippen molar-refractivity contribution in [1.82, 2.24) is 16.0 Å². The summed E-state index contributed by atoms with van der Waals surface area (Å²) in [5.41, 5.74) is 0. The first-order valence-electron chi connectivity index (χ1n) is 6.07. The number of carbonyl (C=O) groups excluding carboxylic acids is 3. The van der Waals surface area contributed by atoms with Crippen molar-refractivity contribution in [3.63, 3.8) is 0 Å². The highest BCUT2D eigenvalue weighted by atomic mass is 16.4. The number of unbranched alkanes of at least 4 members (excludes halogenated alkanes) is 1. The van der Waals surface area contributed by atoms with Gasteiger partial charge in [0.25, 0.3) is 5.91 Å². The third-order valence-electron chi connectivity index (χ3n) is 2.73. The van der Waals surface area contributed by atoms with Crippen LogP contribution in [0.5, 0.6) is 0 Å². The number of amides is 4. The lowest BCUT2D eigenvalue weighted by atomic mass is 10.1. The summed E-state index contributed by atoms with van der Waals surface area (Å²) < 4.78 is 0. The molecule has 0 radical (unpaired) electrons. The molecule has 8 nitrogen and oxygen atoms in total. The van der Waals surface area contributed by atoms with E-state index in [-0.39, 0.29) is 6.42 Å². The highest BCUT2D eigenvalue weighted by Gasteiger charge is 2.32. The van der Waals surface area contributed by atoms with Crippen LogP contribution in [0.3, 0.4) is 0 Å². The molecule has 0 aromatic rings. The number of aliphatic carboxylic acids is 1. The van der Waals surface area contributed by atoms with Gasteiger partial charge in [-0.1, -0.05) is 19.8 Å². The molecular weight excluding hydrogens is 254 g/mol. The maximum atomic E-state index is 11.6. The van der Waals surface area contributed by atoms with Gasteiger partial charge in [0.2, 0.25) is 5.91 Å². The Kier molecular flexibility index (Phi) is 5.28. The monoisotopic (exact) mass is 271 g/mol. The molecule has 1 rings (SSSR count). The lowest BCUT2D eigenvalue weighted by Gasteiger charge is -2.15. The topological polar surface area (TPSA) is 125 Å². The van der Waals surface area contributed by atoms with Gasteiger partial charge in [0, 0.05) is 0 Å². The van der Waals surface area contributed by atoms with E-state index in [9.17, 15) is 19.2 Å². The zero-order valence-electron chi connectivity index (χ0n) is 10.6. The van der Waals surface area contributed by atoms with Crippen molar-refractivity contribution in [2.24, 2.45) is 0 Å². The van der Waals surface area contributed by atoms with Crippen LogP contribution in [-0.4, -0.2) is 41.0 Å². The van der Waals surface area contributed by atoms with Crippen LogP contribution in [0.25, 0.3) is 0 Å². The first-order valence-corrected chi connectivity index (χ1v) is 6.07. The van der Waals surface area contributed by atoms with Crippen LogP contribution < -0.4 is 16.0 Å². The summed E-state index contributed by atoms with van der Waals surface area (Å²) >= 11 is 0. The SMILES string of the molecule is CCCC[C@@H](NC(=O)C[C@@H]1NC(=O)NC1=O)C(=O)O. The Balaban J connectivity index is 2.46. The van der Waals surface area contributed by atoms with E-state index in [1.807, 2.05) is 12.2 Å². The summed E-state index contributed by atoms with van der Waals surface area (Å²) in [6, 6.07) is -2.55. The Hall–Kier alpha value is -2.12. The summed E-state index contributed by atoms with van der Waals surface area (Å²) in [7, 11) is 0. The molecule has 1 heterocycles. The number of urea groups is 1. The van der Waals surface area contributed by atoms with Gasteiger partial charge < -0.3 is 15.7 Å². The molecule has 4 N–H and O–H groups in total. The smallest absolute Gasteiger partial charge is 0.326 e. The zero-order chi connectivity index (χ0) is 14.4. The molecule has 1 aliphatic heterocycles. The van der Waals surface area contributed by atoms with Crippen LogP contribution in [-0.2, 0) is 14.4 Å². The average Bonchev–Trinajstić information content (AvgIpc) is 2.62. The molecule has 1 fully saturated rings. The summed E-state index contributed by atoms with van der Waals surface area (Å²) in [4.78, 5) is 44.6. The number of nitrogens with one attached hydrogen (secondary N) is 3. The maximum absolute atomic E-state index is 11.6. The van der Waals surface area contributed by atoms with Gasteiger partial charge in [-0.05, 0) is 6.42 Å². The van der Waals surface area contributed by atoms with Crippen LogP contribution in [0.15, 0.2) is 0 Å². The molecule has 0 aromatic carbocycles. The van der Waals surface area contributed by atoms with Crippen LogP contribution in [0.2, 0.25) is 0 Å². The highest BCUT2D eigenvalue weighted by Crippen LogP contribution is 2.03. The fraction of sp³-hybridized carbons (Fsp3) is 0.636. The third-order valence-corrected chi connectivity index (χ3v) is 2.73. The van der Waals surface area contributed by atoms with E-state index in [0.29, 0.717) is 12.8 Å². The van der Waals surface area contributed by atoms with Crippen molar-refractivity contribution < 1.29 is 24.3 Å². The van der Waals surface area contributed by atoms with Gasteiger partial charge in [0.1, 0.15) is 12.1 Å². The van der Waals surface area contributed by atoms with E-state index in [1.54, 1.807) is 0 Å². The molecule has 0 aromatic heterocycles. The molecule has 0 spiro atoms. The Morgan fingerprint density at radius 2 is 2.11 bits per heavy atom. The van der Waals surface area contributed by atoms with E-state index >= 15 is 0 Å². The van der Waals surface area contributed by atoms with E-state index < -0.39 is 35.9 Å². The minimum absolute atomic E-state index is 0.270. The van der Waals surface area contributed by atoms with E-state index in [1.165, 1.54) is 0 Å². The predicted molar refractivity (Wildman–Crippen MR) is 64.2 cm³/mol. The molecule has 0 saturated carbocycles. The number of carboxylic acids is 1. The highest BCUT2D eigenvalue weighted by molar-refractivity contribution is 6.05. The molecular formula is C11H17N3O5. The van der Waals surface area contributed by atoms with Crippen molar-refractivity contribution >= 4 is 23.8 Å². The van der Waals surface area contributed by atoms with Gasteiger partial charge in [0.15, 0.2) is 0 Å². The Morgan fingerprint density at radius 1 is 1.42 bits per heavy atom. The fourth-order valence-electron chi connectivity index (χ4n) is 1.71. The Morgan fingerprint density at radius 3 is 2.58 bits per heavy atom. The standard InChI is InChI=1S/C11H17N3O5/c1-2-3-4-6(10(17)18)12-8(15)5-7-9(16)14-11(19)13-7/h6-7H,2-5H2,1H3,(H,12,15)(H,17,18)(H2,13,14,16,19)/t6-,7+/m1/s1. The number of imide groups is 1. The lowest BCUT2D eigenvalue weighted by Crippen LogP contribution is -2.44. The van der Waals surface area contributed by atoms with Crippen LogP contribution in [0.1, 0.15) is 32.6 Å². The molecule has 8 heteroatoms. The van der Waals surface area contributed by atoms with E-state index in [4.69, 9.17) is 5.11 Å². The number of hydrogen-bond donors (Lipinski definition) is 4. The Bertz CT molecular complexity index is 396. The second kappa shape index (κ2) is 6.72. The molecule has 106 valence electrons. The van der Waals surface area contributed by atoms with Crippen molar-refractivity contribution in [3.05, 3.63) is 0 Å². The molecule has 1 saturated heterocycles. The largest absolute Gasteiger partial charge is 0.480 e. The molecule has 1 aliphatic rings. The number of hydrogen-bond acceptors (Lipinski definition) is 4. The number of rotatable bonds is 7. The maximum Gasteiger partial charge on any atom is 0.326 e. The summed E-state index contributed by atoms with van der Waals surface area (Å²) in [6.45, 7) is 1.92. The van der Waals surface area contributed by atoms with Gasteiger partial charge in [-0.25, -0.2) is 9.59 Å². The first kappa shape index (κ1) is 14.9. The molecule has 0 unspecified atom stereocenters. The van der Waals surface area contributed by atoms with E-state index in [0.717, 1.165) is 6.42 Å². The predicted octanol–water partition coefficient (Wildman–Crippen LogP) is -0.656. The van der Waals surface area contributed by atoms with Gasteiger partial charge >= 0.3 is 12.0 Å². The quantitative estimate of drug-likeness (QED) is 0.458. The summed E-state index contributed by atoms with van der Waals surface area (Å²) in [5, 5.41) is 15.6. The lowest BCUT2D eigenvalue weighted by molar-refractivity contribution is -0.142. The molecule has 0 aliphatic carbocycles. The van der Waals surface area contributed by atoms with Gasteiger partial charge in [0.05, 0.1) is 6.42 Å². The normalized spacial score (nSPS) is 19.5. The molecule has 0 bridgehead atoms. The molecule has 4 amide bonds. The first-order chi connectivity index (χ1) is 8.93. The van der Waals surface area contributed by atoms with Crippen LogP contribution >= 0.6 is 0 Å². The number of carboxylic acid groups (broad SMARTS) is 1. The molecule has 2 atom stereocenters. The second-order valence-electron chi connectivity index (χ2n) is 4.32. The van der Waals surface area contributed by atoms with Crippen molar-refractivity contribution in [2.75, 3.05) is 0 Å². The van der Waals surface area contributed by atoms with E-state index in [2.05, 4.69) is 10.6 Å². The van der Waals surface area contributed by atoms with Crippen molar-refractivity contribution in [3.8, 4) is 0 Å². The third kappa shape index (κ3) is 4.57. The minimum Gasteiger partial charge on any atom is -0.480 e. The van der Waals surface area contributed by atoms with Crippen LogP contribution in [0, 0.1) is 0 Å². The fourth-order valence-corrected chi connectivity index (χ4v) is 1.71. The van der Waals surface area contributed by atoms with Gasteiger partial charge in [-0.3, -0.25) is 14.9 Å². The van der Waals surface area contributed by atoms with Gasteiger partial charge in [-0.2, -0.15) is 0 Å². The molecule has 19 heavy (non-hydrogen) atoms. The van der Waals surface area contributed by atoms with Gasteiger partial charge in [-0.15, -0.1) is 0 Å². The summed E-state index contributed by atoms with van der Waals surface area (Å²) in [6.07, 6.45) is 1.56. The summed E-state index contributed by atoms with van der Waals surface area (Å²) in [5.74, 6) is -2.27. The second-order valence-corrected chi connectivity index (χ2v) is 4.32. The Labute approximate surface area is 109 Å². The zero-order valence-corrected chi connectivity index (χ0v) is 10.6.